The summed E-state index contributed by atoms with van der Waals surface area (Å²) in [6.07, 6.45) is 0. The highest BCUT2D eigenvalue weighted by Crippen LogP contribution is 2.17. The lowest BCUT2D eigenvalue weighted by molar-refractivity contribution is -0.120. The molecule has 0 fully saturated rings. The molecule has 1 aromatic carbocycles. The largest absolute Gasteiger partial charge is 0.775 e. The Morgan fingerprint density at radius 2 is 2.00 bits per heavy atom. The van der Waals surface area contributed by atoms with Crippen LogP contribution in [0.2, 0.25) is 0 Å². The van der Waals surface area contributed by atoms with Crippen LogP contribution < -0.4 is 4.74 Å². The van der Waals surface area contributed by atoms with E-state index in [0.717, 1.165) is 0 Å². The van der Waals surface area contributed by atoms with Gasteiger partial charge in [0.2, 0.25) is 0 Å². The van der Waals surface area contributed by atoms with Gasteiger partial charge in [-0.2, -0.15) is 5.11 Å². The molecule has 5 heteroatoms. The third kappa shape index (κ3) is 2.05. The van der Waals surface area contributed by atoms with E-state index in [1.54, 1.807) is 0 Å². The molecule has 0 saturated heterocycles. The average Bonchev–Trinajstić information content (AvgIpc) is 2.09. The minimum Gasteiger partial charge on any atom is -0.775 e. The molecule has 0 atom stereocenters. The Morgan fingerprint density at radius 3 is 2.50 bits per heavy atom. The van der Waals surface area contributed by atoms with Gasteiger partial charge in [-0.15, -0.1) is 0 Å². The maximum atomic E-state index is 9.87. The summed E-state index contributed by atoms with van der Waals surface area (Å²) in [6, 6.07) is 6.05. The highest BCUT2D eigenvalue weighted by atomic mass is 16.5. The van der Waals surface area contributed by atoms with Crippen LogP contribution in [0, 0.1) is 5.21 Å². The predicted octanol–water partition coefficient (Wildman–Crippen LogP) is 1.80. The average molecular weight is 165 g/mol. The van der Waals surface area contributed by atoms with E-state index in [1.807, 2.05) is 0 Å². The van der Waals surface area contributed by atoms with E-state index < -0.39 is 0 Å². The third-order valence-electron chi connectivity index (χ3n) is 1.18. The summed E-state index contributed by atoms with van der Waals surface area (Å²) in [5.41, 5.74) is 0.420. The molecule has 0 radical (unpaired) electrons. The molecule has 0 aliphatic rings. The van der Waals surface area contributed by atoms with E-state index in [0.29, 0.717) is 17.9 Å². The molecule has 5 nitrogen and oxygen atoms in total. The normalized spacial score (nSPS) is 10.0. The monoisotopic (exact) mass is 165 g/mol. The van der Waals surface area contributed by atoms with Gasteiger partial charge in [-0.3, -0.25) is 4.79 Å². The van der Waals surface area contributed by atoms with Crippen molar-refractivity contribution in [1.82, 2.24) is 0 Å². The zero-order valence-corrected chi connectivity index (χ0v) is 6.01. The van der Waals surface area contributed by atoms with Gasteiger partial charge < -0.3 is 9.94 Å². The number of hydrogen-bond donors (Lipinski definition) is 0. The van der Waals surface area contributed by atoms with Gasteiger partial charge in [0, 0.05) is 0 Å². The van der Waals surface area contributed by atoms with Gasteiger partial charge in [0.25, 0.3) is 6.47 Å². The van der Waals surface area contributed by atoms with Crippen LogP contribution in [0.4, 0.5) is 5.69 Å². The van der Waals surface area contributed by atoms with Crippen LogP contribution >= 0.6 is 0 Å². The summed E-state index contributed by atoms with van der Waals surface area (Å²) in [5, 5.41) is 15.3. The molecule has 0 N–H and O–H groups in total. The van der Waals surface area contributed by atoms with E-state index in [1.165, 1.54) is 24.3 Å². The first-order valence-electron chi connectivity index (χ1n) is 3.10. The van der Waals surface area contributed by atoms with Crippen LogP contribution in [0.5, 0.6) is 5.75 Å². The Bertz CT molecular complexity index is 281. The van der Waals surface area contributed by atoms with Crippen LogP contribution in [0.25, 0.3) is 0 Å². The Morgan fingerprint density at radius 1 is 1.33 bits per heavy atom. The number of ether oxygens (including phenoxy) is 1. The fraction of sp³-hybridized carbons (Fsp3) is 0. The first-order valence-corrected chi connectivity index (χ1v) is 3.10. The maximum Gasteiger partial charge on any atom is 0.298 e. The Labute approximate surface area is 68.3 Å². The van der Waals surface area contributed by atoms with Gasteiger partial charge in [-0.05, 0) is 24.3 Å². The predicted molar refractivity (Wildman–Crippen MR) is 41.0 cm³/mol. The van der Waals surface area contributed by atoms with E-state index in [9.17, 15) is 10.0 Å². The summed E-state index contributed by atoms with van der Waals surface area (Å²) in [5.74, 6) is 0.398. The summed E-state index contributed by atoms with van der Waals surface area (Å²) < 4.78 is 4.51. The Kier molecular flexibility index (Phi) is 2.78. The zero-order chi connectivity index (χ0) is 8.81. The summed E-state index contributed by atoms with van der Waals surface area (Å²) in [6.45, 7) is 0.324. The van der Waals surface area contributed by atoms with Gasteiger partial charge in [0.15, 0.2) is 0 Å². The van der Waals surface area contributed by atoms with Gasteiger partial charge in [-0.1, -0.05) is 0 Å². The lowest BCUT2D eigenvalue weighted by Gasteiger charge is -1.96. The minimum atomic E-state index is 0.324. The second-order valence-corrected chi connectivity index (χ2v) is 1.89. The fourth-order valence-corrected chi connectivity index (χ4v) is 0.694. The molecule has 0 unspecified atom stereocenters. The lowest BCUT2D eigenvalue weighted by Crippen LogP contribution is -1.86. The van der Waals surface area contributed by atoms with Crippen molar-refractivity contribution in [3.8, 4) is 5.75 Å². The van der Waals surface area contributed by atoms with Gasteiger partial charge in [0.1, 0.15) is 5.75 Å². The highest BCUT2D eigenvalue weighted by molar-refractivity contribution is 5.48. The number of nitrogens with zero attached hydrogens (tertiary/aromatic N) is 2. The molecule has 0 aromatic heterocycles. The molecule has 12 heavy (non-hydrogen) atoms. The molecule has 0 amide bonds. The van der Waals surface area contributed by atoms with E-state index in [2.05, 4.69) is 15.1 Å². The second-order valence-electron chi connectivity index (χ2n) is 1.89. The quantitative estimate of drug-likeness (QED) is 0.389. The molecule has 0 aliphatic heterocycles. The standard InChI is InChI=1S/C7H6N2O3/c10-5-12-7-3-1-6(2-4-7)8-9-11/h1-5H,(H,8,11)/p-1. The minimum absolute atomic E-state index is 0.324. The molecule has 1 aromatic rings. The highest BCUT2D eigenvalue weighted by Gasteiger charge is 1.91. The van der Waals surface area contributed by atoms with Gasteiger partial charge in [0.05, 0.1) is 5.69 Å². The molecule has 0 aliphatic carbocycles. The molecule has 0 saturated carbocycles. The van der Waals surface area contributed by atoms with Crippen LogP contribution in [0.15, 0.2) is 34.7 Å². The first-order chi connectivity index (χ1) is 5.86. The van der Waals surface area contributed by atoms with E-state index in [-0.39, 0.29) is 0 Å². The molecule has 0 spiro atoms. The molecular formula is C7H5N2O3-. The molecule has 0 bridgehead atoms. The Hall–Kier alpha value is -1.91. The molecule has 1 rings (SSSR count). The number of hydrogen-bond acceptors (Lipinski definition) is 5. The number of rotatable bonds is 3. The summed E-state index contributed by atoms with van der Waals surface area (Å²) in [7, 11) is 0. The topological polar surface area (TPSA) is 74.1 Å². The van der Waals surface area contributed by atoms with Crippen molar-refractivity contribution in [1.29, 1.82) is 0 Å². The molecular weight excluding hydrogens is 160 g/mol. The van der Waals surface area contributed by atoms with Crippen molar-refractivity contribution in [3.05, 3.63) is 29.5 Å². The SMILES string of the molecule is O=COc1ccc(N=N[O-])cc1. The zero-order valence-electron chi connectivity index (χ0n) is 6.01. The van der Waals surface area contributed by atoms with E-state index >= 15 is 0 Å². The van der Waals surface area contributed by atoms with E-state index in [4.69, 9.17) is 0 Å². The van der Waals surface area contributed by atoms with Crippen LogP contribution in [-0.4, -0.2) is 6.47 Å². The van der Waals surface area contributed by atoms with Crippen LogP contribution in [0.3, 0.4) is 0 Å². The Balaban J connectivity index is 2.77. The van der Waals surface area contributed by atoms with Crippen molar-refractivity contribution >= 4 is 12.2 Å². The number of benzene rings is 1. The van der Waals surface area contributed by atoms with Crippen molar-refractivity contribution in [2.24, 2.45) is 10.4 Å². The fourth-order valence-electron chi connectivity index (χ4n) is 0.694. The van der Waals surface area contributed by atoms with Crippen molar-refractivity contribution < 1.29 is 9.53 Å². The van der Waals surface area contributed by atoms with Gasteiger partial charge in [-0.25, -0.2) is 5.28 Å². The maximum absolute atomic E-state index is 9.87. The number of carbonyl (C=O) groups excluding carboxylic acids is 1. The molecule has 62 valence electrons. The lowest BCUT2D eigenvalue weighted by atomic mass is 10.3. The van der Waals surface area contributed by atoms with Crippen LogP contribution in [-0.2, 0) is 4.79 Å². The summed E-state index contributed by atoms with van der Waals surface area (Å²) in [4.78, 5) is 9.87. The van der Waals surface area contributed by atoms with Crippen LogP contribution in [0.1, 0.15) is 0 Å². The van der Waals surface area contributed by atoms with Gasteiger partial charge >= 0.3 is 0 Å². The first kappa shape index (κ1) is 8.19. The molecule has 0 heterocycles. The number of carbonyl (C=O) groups is 1. The summed E-state index contributed by atoms with van der Waals surface area (Å²) >= 11 is 0. The van der Waals surface area contributed by atoms with Crippen molar-refractivity contribution in [2.45, 2.75) is 0 Å². The second kappa shape index (κ2) is 4.07. The van der Waals surface area contributed by atoms with Crippen molar-refractivity contribution in [3.63, 3.8) is 0 Å². The smallest absolute Gasteiger partial charge is 0.298 e. The van der Waals surface area contributed by atoms with Crippen molar-refractivity contribution in [2.75, 3.05) is 0 Å². The third-order valence-corrected chi connectivity index (χ3v) is 1.18.